The summed E-state index contributed by atoms with van der Waals surface area (Å²) in [5.74, 6) is 1.98. The van der Waals surface area contributed by atoms with Crippen LogP contribution >= 0.6 is 0 Å². The summed E-state index contributed by atoms with van der Waals surface area (Å²) in [5, 5.41) is 0. The predicted octanol–water partition coefficient (Wildman–Crippen LogP) is 2.68. The van der Waals surface area contributed by atoms with Gasteiger partial charge in [0.1, 0.15) is 0 Å². The van der Waals surface area contributed by atoms with Crippen molar-refractivity contribution in [3.05, 3.63) is 0 Å². The zero-order valence-corrected chi connectivity index (χ0v) is 9.75. The SMILES string of the molecule is CCC(=O)N1CCC(CC(C)C)CC1. The van der Waals surface area contributed by atoms with Crippen molar-refractivity contribution in [1.29, 1.82) is 0 Å². The summed E-state index contributed by atoms with van der Waals surface area (Å²) in [4.78, 5) is 13.4. The quantitative estimate of drug-likeness (QED) is 0.681. The maximum absolute atomic E-state index is 11.4. The van der Waals surface area contributed by atoms with Crippen LogP contribution in [0.5, 0.6) is 0 Å². The summed E-state index contributed by atoms with van der Waals surface area (Å²) in [7, 11) is 0. The molecule has 0 aromatic heterocycles. The van der Waals surface area contributed by atoms with Crippen molar-refractivity contribution < 1.29 is 4.79 Å². The molecule has 0 radical (unpaired) electrons. The third-order valence-corrected chi connectivity index (χ3v) is 3.07. The van der Waals surface area contributed by atoms with E-state index in [-0.39, 0.29) is 0 Å². The molecule has 1 saturated heterocycles. The lowest BCUT2D eigenvalue weighted by Crippen LogP contribution is -2.38. The van der Waals surface area contributed by atoms with Gasteiger partial charge in [0.05, 0.1) is 0 Å². The van der Waals surface area contributed by atoms with Crippen LogP contribution in [0.15, 0.2) is 0 Å². The van der Waals surface area contributed by atoms with Crippen molar-refractivity contribution in [3.63, 3.8) is 0 Å². The molecule has 1 aliphatic heterocycles. The van der Waals surface area contributed by atoms with Gasteiger partial charge in [0, 0.05) is 19.5 Å². The fraction of sp³-hybridized carbons (Fsp3) is 0.917. The van der Waals surface area contributed by atoms with Crippen LogP contribution < -0.4 is 0 Å². The fourth-order valence-electron chi connectivity index (χ4n) is 2.31. The minimum atomic E-state index is 0.327. The molecule has 0 aliphatic carbocycles. The maximum Gasteiger partial charge on any atom is 0.222 e. The molecule has 0 unspecified atom stereocenters. The summed E-state index contributed by atoms with van der Waals surface area (Å²) in [6.07, 6.45) is 4.41. The smallest absolute Gasteiger partial charge is 0.222 e. The molecule has 0 aromatic rings. The number of nitrogens with zero attached hydrogens (tertiary/aromatic N) is 1. The third kappa shape index (κ3) is 3.32. The van der Waals surface area contributed by atoms with E-state index in [4.69, 9.17) is 0 Å². The number of rotatable bonds is 3. The first-order valence-electron chi connectivity index (χ1n) is 5.91. The molecule has 0 aromatic carbocycles. The first-order chi connectivity index (χ1) is 6.63. The lowest BCUT2D eigenvalue weighted by molar-refractivity contribution is -0.132. The van der Waals surface area contributed by atoms with Gasteiger partial charge in [-0.15, -0.1) is 0 Å². The molecule has 1 rings (SSSR count). The molecule has 0 N–H and O–H groups in total. The lowest BCUT2D eigenvalue weighted by atomic mass is 9.88. The topological polar surface area (TPSA) is 20.3 Å². The van der Waals surface area contributed by atoms with Crippen LogP contribution in [0.4, 0.5) is 0 Å². The van der Waals surface area contributed by atoms with Crippen molar-refractivity contribution in [1.82, 2.24) is 4.90 Å². The molecule has 0 bridgehead atoms. The van der Waals surface area contributed by atoms with Crippen LogP contribution in [0.1, 0.15) is 46.5 Å². The summed E-state index contributed by atoms with van der Waals surface area (Å²) in [6, 6.07) is 0. The Kier molecular flexibility index (Phi) is 4.43. The van der Waals surface area contributed by atoms with Crippen LogP contribution in [-0.2, 0) is 4.79 Å². The number of likely N-dealkylation sites (tertiary alicyclic amines) is 1. The van der Waals surface area contributed by atoms with E-state index in [0.29, 0.717) is 12.3 Å². The van der Waals surface area contributed by atoms with E-state index in [9.17, 15) is 4.79 Å². The van der Waals surface area contributed by atoms with Crippen LogP contribution in [-0.4, -0.2) is 23.9 Å². The molecule has 0 atom stereocenters. The maximum atomic E-state index is 11.4. The van der Waals surface area contributed by atoms with E-state index >= 15 is 0 Å². The van der Waals surface area contributed by atoms with E-state index < -0.39 is 0 Å². The number of hydrogen-bond acceptors (Lipinski definition) is 1. The zero-order valence-electron chi connectivity index (χ0n) is 9.75. The zero-order chi connectivity index (χ0) is 10.6. The van der Waals surface area contributed by atoms with Gasteiger partial charge in [-0.05, 0) is 31.1 Å². The van der Waals surface area contributed by atoms with E-state index in [1.54, 1.807) is 0 Å². The third-order valence-electron chi connectivity index (χ3n) is 3.07. The second-order valence-corrected chi connectivity index (χ2v) is 4.81. The molecule has 0 spiro atoms. The minimum absolute atomic E-state index is 0.327. The molecule has 1 fully saturated rings. The van der Waals surface area contributed by atoms with E-state index in [1.165, 1.54) is 19.3 Å². The van der Waals surface area contributed by atoms with Gasteiger partial charge < -0.3 is 4.90 Å². The number of carbonyl (C=O) groups is 1. The second kappa shape index (κ2) is 5.38. The standard InChI is InChI=1S/C12H23NO/c1-4-12(14)13-7-5-11(6-8-13)9-10(2)3/h10-11H,4-9H2,1-3H3. The Morgan fingerprint density at radius 1 is 1.36 bits per heavy atom. The Labute approximate surface area is 87.7 Å². The highest BCUT2D eigenvalue weighted by molar-refractivity contribution is 5.75. The summed E-state index contributed by atoms with van der Waals surface area (Å²) in [6.45, 7) is 8.49. The molecular weight excluding hydrogens is 174 g/mol. The monoisotopic (exact) mass is 197 g/mol. The first-order valence-corrected chi connectivity index (χ1v) is 5.91. The second-order valence-electron chi connectivity index (χ2n) is 4.81. The van der Waals surface area contributed by atoms with Gasteiger partial charge in [0.25, 0.3) is 0 Å². The van der Waals surface area contributed by atoms with Gasteiger partial charge in [0.2, 0.25) is 5.91 Å². The van der Waals surface area contributed by atoms with Gasteiger partial charge in [0.15, 0.2) is 0 Å². The molecule has 0 saturated carbocycles. The fourth-order valence-corrected chi connectivity index (χ4v) is 2.31. The largest absolute Gasteiger partial charge is 0.343 e. The first kappa shape index (κ1) is 11.5. The van der Waals surface area contributed by atoms with Crippen LogP contribution in [0.25, 0.3) is 0 Å². The van der Waals surface area contributed by atoms with E-state index in [1.807, 2.05) is 11.8 Å². The lowest BCUT2D eigenvalue weighted by Gasteiger charge is -2.32. The van der Waals surface area contributed by atoms with Gasteiger partial charge >= 0.3 is 0 Å². The van der Waals surface area contributed by atoms with Crippen molar-refractivity contribution in [2.45, 2.75) is 46.5 Å². The van der Waals surface area contributed by atoms with Crippen LogP contribution in [0.2, 0.25) is 0 Å². The molecule has 1 amide bonds. The van der Waals surface area contributed by atoms with Crippen LogP contribution in [0, 0.1) is 11.8 Å². The minimum Gasteiger partial charge on any atom is -0.343 e. The Morgan fingerprint density at radius 2 is 1.93 bits per heavy atom. The van der Waals surface area contributed by atoms with Gasteiger partial charge in [-0.3, -0.25) is 4.79 Å². The van der Waals surface area contributed by atoms with Crippen molar-refractivity contribution in [2.24, 2.45) is 11.8 Å². The molecular formula is C12H23NO. The Bertz CT molecular complexity index is 181. The van der Waals surface area contributed by atoms with Crippen molar-refractivity contribution in [2.75, 3.05) is 13.1 Å². The number of amides is 1. The molecule has 1 aliphatic rings. The van der Waals surface area contributed by atoms with Gasteiger partial charge in [-0.2, -0.15) is 0 Å². The number of piperidine rings is 1. The van der Waals surface area contributed by atoms with E-state index in [2.05, 4.69) is 13.8 Å². The van der Waals surface area contributed by atoms with Crippen molar-refractivity contribution in [3.8, 4) is 0 Å². The highest BCUT2D eigenvalue weighted by Gasteiger charge is 2.21. The highest BCUT2D eigenvalue weighted by Crippen LogP contribution is 2.24. The Balaban J connectivity index is 2.27. The predicted molar refractivity (Wildman–Crippen MR) is 59.1 cm³/mol. The summed E-state index contributed by atoms with van der Waals surface area (Å²) >= 11 is 0. The average molecular weight is 197 g/mol. The molecule has 1 heterocycles. The molecule has 2 heteroatoms. The van der Waals surface area contributed by atoms with Crippen LogP contribution in [0.3, 0.4) is 0 Å². The number of carbonyl (C=O) groups excluding carboxylic acids is 1. The Morgan fingerprint density at radius 3 is 2.36 bits per heavy atom. The summed E-state index contributed by atoms with van der Waals surface area (Å²) < 4.78 is 0. The molecule has 14 heavy (non-hydrogen) atoms. The normalized spacial score (nSPS) is 19.0. The van der Waals surface area contributed by atoms with E-state index in [0.717, 1.165) is 24.9 Å². The van der Waals surface area contributed by atoms with Gasteiger partial charge in [-0.1, -0.05) is 20.8 Å². The Hall–Kier alpha value is -0.530. The average Bonchev–Trinajstić information content (AvgIpc) is 2.17. The molecule has 82 valence electrons. The van der Waals surface area contributed by atoms with Gasteiger partial charge in [-0.25, -0.2) is 0 Å². The number of hydrogen-bond donors (Lipinski definition) is 0. The van der Waals surface area contributed by atoms with Crippen molar-refractivity contribution >= 4 is 5.91 Å². The highest BCUT2D eigenvalue weighted by atomic mass is 16.2. The summed E-state index contributed by atoms with van der Waals surface area (Å²) in [5.41, 5.74) is 0. The molecule has 2 nitrogen and oxygen atoms in total.